The van der Waals surface area contributed by atoms with Crippen LogP contribution in [0.25, 0.3) is 0 Å². The molecule has 2 unspecified atom stereocenters. The highest BCUT2D eigenvalue weighted by Crippen LogP contribution is 2.14. The Balaban J connectivity index is 2.30. The van der Waals surface area contributed by atoms with E-state index in [1.54, 1.807) is 0 Å². The number of carbonyl (C=O) groups is 1. The number of nitrogens with one attached hydrogen (secondary N) is 2. The van der Waals surface area contributed by atoms with E-state index < -0.39 is 9.84 Å². The molecule has 5 nitrogen and oxygen atoms in total. The normalized spacial score (nSPS) is 26.5. The van der Waals surface area contributed by atoms with E-state index in [0.29, 0.717) is 0 Å². The van der Waals surface area contributed by atoms with Gasteiger partial charge in [0.05, 0.1) is 11.7 Å². The number of amides is 1. The summed E-state index contributed by atoms with van der Waals surface area (Å²) in [5, 5.41) is 5.83. The highest BCUT2D eigenvalue weighted by Gasteiger charge is 2.28. The van der Waals surface area contributed by atoms with Gasteiger partial charge in [0.15, 0.2) is 0 Å². The second kappa shape index (κ2) is 4.94. The predicted molar refractivity (Wildman–Crippen MR) is 58.3 cm³/mol. The predicted octanol–water partition coefficient (Wildman–Crippen LogP) is -0.855. The van der Waals surface area contributed by atoms with Gasteiger partial charge >= 0.3 is 0 Å². The average Bonchev–Trinajstić information content (AvgIpc) is 2.48. The van der Waals surface area contributed by atoms with Gasteiger partial charge in [-0.2, -0.15) is 0 Å². The van der Waals surface area contributed by atoms with Crippen molar-refractivity contribution in [3.8, 4) is 0 Å². The molecule has 88 valence electrons. The molecule has 1 heterocycles. The number of carbonyl (C=O) groups excluding carboxylic acids is 1. The molecule has 1 amide bonds. The second-order valence-corrected chi connectivity index (χ2v) is 6.32. The Labute approximate surface area is 90.5 Å². The van der Waals surface area contributed by atoms with Crippen LogP contribution in [0.3, 0.4) is 0 Å². The third-order valence-corrected chi connectivity index (χ3v) is 3.58. The minimum absolute atomic E-state index is 0.00721. The summed E-state index contributed by atoms with van der Waals surface area (Å²) in [6.45, 7) is 3.03. The van der Waals surface area contributed by atoms with Crippen LogP contribution in [0.2, 0.25) is 0 Å². The van der Waals surface area contributed by atoms with Crippen LogP contribution in [0.4, 0.5) is 0 Å². The molecule has 0 saturated carbocycles. The van der Waals surface area contributed by atoms with Crippen molar-refractivity contribution in [2.24, 2.45) is 5.92 Å². The van der Waals surface area contributed by atoms with Crippen molar-refractivity contribution in [2.45, 2.75) is 19.4 Å². The third kappa shape index (κ3) is 4.17. The Bertz CT molecular complexity index is 326. The fraction of sp³-hybridized carbons (Fsp3) is 0.889. The first-order valence-corrected chi connectivity index (χ1v) is 7.15. The lowest BCUT2D eigenvalue weighted by Crippen LogP contribution is -2.38. The van der Waals surface area contributed by atoms with Crippen LogP contribution in [0.5, 0.6) is 0 Å². The van der Waals surface area contributed by atoms with Crippen LogP contribution in [0.1, 0.15) is 13.3 Å². The third-order valence-electron chi connectivity index (χ3n) is 2.63. The topological polar surface area (TPSA) is 75.3 Å². The molecule has 1 aliphatic rings. The maximum atomic E-state index is 11.6. The van der Waals surface area contributed by atoms with Gasteiger partial charge in [-0.3, -0.25) is 4.79 Å². The van der Waals surface area contributed by atoms with E-state index in [0.717, 1.165) is 13.0 Å². The van der Waals surface area contributed by atoms with E-state index in [-0.39, 0.29) is 30.2 Å². The average molecular weight is 234 g/mol. The second-order valence-electron chi connectivity index (χ2n) is 4.06. The van der Waals surface area contributed by atoms with Crippen molar-refractivity contribution in [3.05, 3.63) is 0 Å². The van der Waals surface area contributed by atoms with Crippen molar-refractivity contribution in [1.29, 1.82) is 0 Å². The molecule has 0 spiro atoms. The first-order chi connectivity index (χ1) is 6.90. The summed E-state index contributed by atoms with van der Waals surface area (Å²) in [6.07, 6.45) is 1.99. The lowest BCUT2D eigenvalue weighted by atomic mass is 10.0. The van der Waals surface area contributed by atoms with Gasteiger partial charge in [-0.1, -0.05) is 0 Å². The Morgan fingerprint density at radius 3 is 2.67 bits per heavy atom. The smallest absolute Gasteiger partial charge is 0.224 e. The van der Waals surface area contributed by atoms with Gasteiger partial charge in [-0.25, -0.2) is 8.42 Å². The van der Waals surface area contributed by atoms with Gasteiger partial charge < -0.3 is 10.6 Å². The molecule has 0 aromatic carbocycles. The van der Waals surface area contributed by atoms with Crippen LogP contribution in [-0.4, -0.2) is 45.5 Å². The van der Waals surface area contributed by atoms with E-state index in [1.165, 1.54) is 6.26 Å². The van der Waals surface area contributed by atoms with E-state index >= 15 is 0 Å². The van der Waals surface area contributed by atoms with Crippen molar-refractivity contribution in [3.63, 3.8) is 0 Å². The van der Waals surface area contributed by atoms with Crippen LogP contribution in [-0.2, 0) is 14.6 Å². The molecule has 1 saturated heterocycles. The van der Waals surface area contributed by atoms with Crippen molar-refractivity contribution in [1.82, 2.24) is 10.6 Å². The van der Waals surface area contributed by atoms with Gasteiger partial charge in [0.25, 0.3) is 0 Å². The van der Waals surface area contributed by atoms with Gasteiger partial charge in [-0.05, 0) is 19.9 Å². The van der Waals surface area contributed by atoms with Crippen LogP contribution >= 0.6 is 0 Å². The standard InChI is InChI=1S/C9H18N2O3S/c1-7-8(3-4-10-7)9(12)11-5-6-15(2,13)14/h7-8,10H,3-6H2,1-2H3,(H,11,12). The molecule has 0 radical (unpaired) electrons. The summed E-state index contributed by atoms with van der Waals surface area (Å²) in [4.78, 5) is 11.6. The Morgan fingerprint density at radius 1 is 1.53 bits per heavy atom. The quantitative estimate of drug-likeness (QED) is 0.664. The molecule has 15 heavy (non-hydrogen) atoms. The minimum atomic E-state index is -2.99. The van der Waals surface area contributed by atoms with Crippen LogP contribution in [0.15, 0.2) is 0 Å². The number of hydrogen-bond donors (Lipinski definition) is 2. The van der Waals surface area contributed by atoms with E-state index in [4.69, 9.17) is 0 Å². The van der Waals surface area contributed by atoms with Gasteiger partial charge in [-0.15, -0.1) is 0 Å². The molecule has 0 bridgehead atoms. The van der Waals surface area contributed by atoms with Gasteiger partial charge in [0.2, 0.25) is 5.91 Å². The maximum Gasteiger partial charge on any atom is 0.224 e. The Morgan fingerprint density at radius 2 is 2.20 bits per heavy atom. The number of sulfone groups is 1. The number of hydrogen-bond acceptors (Lipinski definition) is 4. The summed E-state index contributed by atoms with van der Waals surface area (Å²) in [5.41, 5.74) is 0. The fourth-order valence-electron chi connectivity index (χ4n) is 1.71. The zero-order valence-corrected chi connectivity index (χ0v) is 9.93. The lowest BCUT2D eigenvalue weighted by Gasteiger charge is -2.14. The van der Waals surface area contributed by atoms with Gasteiger partial charge in [0.1, 0.15) is 9.84 Å². The highest BCUT2D eigenvalue weighted by molar-refractivity contribution is 7.90. The molecule has 2 N–H and O–H groups in total. The highest BCUT2D eigenvalue weighted by atomic mass is 32.2. The summed E-state index contributed by atoms with van der Waals surface area (Å²) >= 11 is 0. The molecule has 2 atom stereocenters. The molecule has 0 aromatic rings. The summed E-state index contributed by atoms with van der Waals surface area (Å²) in [7, 11) is -2.99. The first kappa shape index (κ1) is 12.4. The largest absolute Gasteiger partial charge is 0.355 e. The van der Waals surface area contributed by atoms with E-state index in [9.17, 15) is 13.2 Å². The van der Waals surface area contributed by atoms with Crippen LogP contribution in [0, 0.1) is 5.92 Å². The molecule has 6 heteroatoms. The monoisotopic (exact) mass is 234 g/mol. The number of rotatable bonds is 4. The molecule has 1 rings (SSSR count). The zero-order valence-electron chi connectivity index (χ0n) is 9.12. The SMILES string of the molecule is CC1NCCC1C(=O)NCCS(C)(=O)=O. The summed E-state index contributed by atoms with van der Waals surface area (Å²) < 4.78 is 21.7. The van der Waals surface area contributed by atoms with Gasteiger partial charge in [0, 0.05) is 18.8 Å². The van der Waals surface area contributed by atoms with Crippen molar-refractivity contribution >= 4 is 15.7 Å². The van der Waals surface area contributed by atoms with E-state index in [1.807, 2.05) is 6.92 Å². The molecule has 0 aromatic heterocycles. The zero-order chi connectivity index (χ0) is 11.5. The van der Waals surface area contributed by atoms with E-state index in [2.05, 4.69) is 10.6 Å². The lowest BCUT2D eigenvalue weighted by molar-refractivity contribution is -0.124. The molecule has 1 aliphatic heterocycles. The fourth-order valence-corrected chi connectivity index (χ4v) is 2.18. The van der Waals surface area contributed by atoms with Crippen molar-refractivity contribution in [2.75, 3.05) is 25.1 Å². The summed E-state index contributed by atoms with van der Waals surface area (Å²) in [5.74, 6) is -0.0616. The minimum Gasteiger partial charge on any atom is -0.355 e. The van der Waals surface area contributed by atoms with Crippen LogP contribution < -0.4 is 10.6 Å². The Kier molecular flexibility index (Phi) is 4.10. The Hall–Kier alpha value is -0.620. The maximum absolute atomic E-state index is 11.6. The molecule has 0 aliphatic carbocycles. The molecule has 1 fully saturated rings. The summed E-state index contributed by atoms with van der Waals surface area (Å²) in [6, 6.07) is 0.184. The molecular weight excluding hydrogens is 216 g/mol. The van der Waals surface area contributed by atoms with Crippen molar-refractivity contribution < 1.29 is 13.2 Å². The molecular formula is C9H18N2O3S. The first-order valence-electron chi connectivity index (χ1n) is 5.09.